The Balaban J connectivity index is 1.64. The average molecular weight is 543 g/mol. The number of hydrogen-bond acceptors (Lipinski definition) is 4. The lowest BCUT2D eigenvalue weighted by atomic mass is 9.83. The quantitative estimate of drug-likeness (QED) is 0.466. The maximum Gasteiger partial charge on any atom is 0.241 e. The van der Waals surface area contributed by atoms with Crippen LogP contribution < -0.4 is 9.73 Å². The van der Waals surface area contributed by atoms with E-state index in [-0.39, 0.29) is 29.3 Å². The number of halogens is 4. The molecule has 5 nitrogen and oxygen atoms in total. The van der Waals surface area contributed by atoms with Crippen molar-refractivity contribution in [2.24, 2.45) is 16.9 Å². The highest BCUT2D eigenvalue weighted by Gasteiger charge is 2.40. The Morgan fingerprint density at radius 2 is 1.94 bits per heavy atom. The summed E-state index contributed by atoms with van der Waals surface area (Å²) in [6.07, 6.45) is 6.56. The van der Waals surface area contributed by atoms with Gasteiger partial charge in [0, 0.05) is 21.9 Å². The van der Waals surface area contributed by atoms with Gasteiger partial charge < -0.3 is 0 Å². The molecule has 0 aromatic heterocycles. The molecule has 1 N–H and O–H groups in total. The topological polar surface area (TPSA) is 61.8 Å². The Morgan fingerprint density at radius 3 is 2.62 bits per heavy atom. The molecular weight excluding hydrogens is 520 g/mol. The summed E-state index contributed by atoms with van der Waals surface area (Å²) in [6.45, 7) is 3.60. The van der Waals surface area contributed by atoms with Gasteiger partial charge in [-0.15, -0.1) is 0 Å². The first-order chi connectivity index (χ1) is 16.1. The number of aryl methyl sites for hydroxylation is 1. The van der Waals surface area contributed by atoms with E-state index in [4.69, 9.17) is 39.9 Å². The number of allylic oxidation sites excluding steroid dienone is 3. The second kappa shape index (κ2) is 9.99. The fraction of sp³-hybridized carbons (Fsp3) is 0.292. The molecule has 0 saturated carbocycles. The second-order valence-corrected chi connectivity index (χ2v) is 11.4. The van der Waals surface area contributed by atoms with Crippen LogP contribution in [0.15, 0.2) is 69.7 Å². The summed E-state index contributed by atoms with van der Waals surface area (Å²) in [5.41, 5.74) is 1.78. The van der Waals surface area contributed by atoms with E-state index in [0.717, 1.165) is 6.07 Å². The molecule has 1 aliphatic carbocycles. The van der Waals surface area contributed by atoms with Crippen molar-refractivity contribution in [3.63, 3.8) is 0 Å². The number of anilines is 1. The maximum atomic E-state index is 13.7. The van der Waals surface area contributed by atoms with E-state index in [1.165, 1.54) is 12.1 Å². The van der Waals surface area contributed by atoms with Gasteiger partial charge in [-0.25, -0.2) is 17.5 Å². The van der Waals surface area contributed by atoms with Gasteiger partial charge in [0.25, 0.3) is 0 Å². The number of nitrogens with zero attached hydrogens (tertiary/aromatic N) is 2. The number of sulfonamides is 1. The summed E-state index contributed by atoms with van der Waals surface area (Å²) in [5, 5.41) is 8.24. The molecule has 2 aliphatic rings. The molecule has 0 radical (unpaired) electrons. The third-order valence-electron chi connectivity index (χ3n) is 6.12. The number of benzene rings is 2. The Bertz CT molecular complexity index is 1310. The van der Waals surface area contributed by atoms with Crippen molar-refractivity contribution >= 4 is 56.2 Å². The van der Waals surface area contributed by atoms with Gasteiger partial charge in [0.15, 0.2) is 0 Å². The van der Waals surface area contributed by atoms with E-state index in [1.54, 1.807) is 25.1 Å². The number of hydrogen-bond donors (Lipinski definition) is 1. The van der Waals surface area contributed by atoms with Crippen molar-refractivity contribution in [1.82, 2.24) is 4.72 Å². The van der Waals surface area contributed by atoms with Crippen LogP contribution in [0.5, 0.6) is 0 Å². The standard InChI is InChI=1S/C24H23Cl3FN3O2S/c1-14-3-9-19(28)12-23(14)34(32,33)29-13-21-15(2)24(16-4-6-17(25)7-5-16)31(30-21)22-10-8-18(26)11-20(22)27/h3-4,6-12,15-16,24,29H,5,13H2,1-2H3/t15-,16?,24-/m1/s1. The third-order valence-corrected chi connectivity index (χ3v) is 8.48. The van der Waals surface area contributed by atoms with Crippen LogP contribution in [0.2, 0.25) is 10.0 Å². The van der Waals surface area contributed by atoms with Crippen LogP contribution in [0.4, 0.5) is 10.1 Å². The van der Waals surface area contributed by atoms with E-state index in [9.17, 15) is 12.8 Å². The van der Waals surface area contributed by atoms with Gasteiger partial charge in [0.2, 0.25) is 10.0 Å². The molecule has 0 saturated heterocycles. The van der Waals surface area contributed by atoms with E-state index >= 15 is 0 Å². The SMILES string of the molecule is Cc1ccc(F)cc1S(=O)(=O)NCC1=NN(c2ccc(Cl)cc2Cl)[C@@H](C2C=CC(Cl)=CC2)[C@@H]1C. The Labute approximate surface area is 213 Å². The lowest BCUT2D eigenvalue weighted by molar-refractivity contribution is 0.434. The van der Waals surface area contributed by atoms with Crippen molar-refractivity contribution in [2.45, 2.75) is 31.2 Å². The Morgan fingerprint density at radius 1 is 1.18 bits per heavy atom. The van der Waals surface area contributed by atoms with E-state index in [0.29, 0.717) is 38.5 Å². The smallest absolute Gasteiger partial charge is 0.241 e. The van der Waals surface area contributed by atoms with Gasteiger partial charge in [-0.2, -0.15) is 5.10 Å². The van der Waals surface area contributed by atoms with E-state index < -0.39 is 15.8 Å². The summed E-state index contributed by atoms with van der Waals surface area (Å²) in [5.74, 6) is -0.646. The number of hydrazone groups is 1. The lowest BCUT2D eigenvalue weighted by Crippen LogP contribution is -2.40. The van der Waals surface area contributed by atoms with Crippen LogP contribution in [0.25, 0.3) is 0 Å². The molecule has 0 spiro atoms. The molecule has 10 heteroatoms. The van der Waals surface area contributed by atoms with Crippen LogP contribution >= 0.6 is 34.8 Å². The zero-order chi connectivity index (χ0) is 24.6. The molecule has 34 heavy (non-hydrogen) atoms. The molecule has 4 rings (SSSR count). The van der Waals surface area contributed by atoms with Crippen molar-refractivity contribution in [3.05, 3.63) is 81.1 Å². The summed E-state index contributed by atoms with van der Waals surface area (Å²) >= 11 is 18.7. The van der Waals surface area contributed by atoms with Gasteiger partial charge >= 0.3 is 0 Å². The molecule has 0 bridgehead atoms. The molecule has 2 aromatic carbocycles. The number of nitrogens with one attached hydrogen (secondary N) is 1. The molecule has 3 atom stereocenters. The molecule has 0 fully saturated rings. The van der Waals surface area contributed by atoms with Crippen molar-refractivity contribution in [3.8, 4) is 0 Å². The predicted molar refractivity (Wildman–Crippen MR) is 137 cm³/mol. The summed E-state index contributed by atoms with van der Waals surface area (Å²) in [7, 11) is -3.94. The fourth-order valence-corrected chi connectivity index (χ4v) is 6.22. The van der Waals surface area contributed by atoms with Crippen molar-refractivity contribution in [2.75, 3.05) is 11.6 Å². The molecule has 1 heterocycles. The maximum absolute atomic E-state index is 13.7. The molecule has 180 valence electrons. The minimum absolute atomic E-state index is 0.0231. The largest absolute Gasteiger partial charge is 0.260 e. The van der Waals surface area contributed by atoms with Gasteiger partial charge in [-0.05, 0) is 55.3 Å². The van der Waals surface area contributed by atoms with Gasteiger partial charge in [-0.3, -0.25) is 5.01 Å². The van der Waals surface area contributed by atoms with Crippen molar-refractivity contribution in [1.29, 1.82) is 0 Å². The summed E-state index contributed by atoms with van der Waals surface area (Å²) < 4.78 is 42.1. The Hall–Kier alpha value is -1.90. The first-order valence-corrected chi connectivity index (χ1v) is 13.3. The van der Waals surface area contributed by atoms with Crippen LogP contribution in [-0.2, 0) is 10.0 Å². The average Bonchev–Trinajstić information content (AvgIpc) is 3.10. The molecule has 0 amide bonds. The lowest BCUT2D eigenvalue weighted by Gasteiger charge is -2.33. The first kappa shape index (κ1) is 25.2. The van der Waals surface area contributed by atoms with Crippen LogP contribution in [0.3, 0.4) is 0 Å². The first-order valence-electron chi connectivity index (χ1n) is 10.7. The van der Waals surface area contributed by atoms with Gasteiger partial charge in [0.05, 0.1) is 33.9 Å². The van der Waals surface area contributed by atoms with Crippen LogP contribution in [-0.4, -0.2) is 26.7 Å². The van der Waals surface area contributed by atoms with Gasteiger partial charge in [0.1, 0.15) is 5.82 Å². The number of rotatable bonds is 6. The molecular formula is C24H23Cl3FN3O2S. The molecule has 2 aromatic rings. The summed E-state index contributed by atoms with van der Waals surface area (Å²) in [4.78, 5) is -0.0945. The predicted octanol–water partition coefficient (Wildman–Crippen LogP) is 6.30. The Kier molecular flexibility index (Phi) is 7.41. The normalized spacial score (nSPS) is 22.6. The van der Waals surface area contributed by atoms with E-state index in [1.807, 2.05) is 30.2 Å². The third kappa shape index (κ3) is 5.19. The monoisotopic (exact) mass is 541 g/mol. The molecule has 1 unspecified atom stereocenters. The van der Waals surface area contributed by atoms with Crippen LogP contribution in [0, 0.1) is 24.6 Å². The highest BCUT2D eigenvalue weighted by molar-refractivity contribution is 7.89. The van der Waals surface area contributed by atoms with Crippen molar-refractivity contribution < 1.29 is 12.8 Å². The van der Waals surface area contributed by atoms with Gasteiger partial charge in [-0.1, -0.05) is 59.9 Å². The van der Waals surface area contributed by atoms with E-state index in [2.05, 4.69) is 4.72 Å². The minimum atomic E-state index is -3.94. The zero-order valence-electron chi connectivity index (χ0n) is 18.5. The highest BCUT2D eigenvalue weighted by Crippen LogP contribution is 2.40. The molecule has 1 aliphatic heterocycles. The zero-order valence-corrected chi connectivity index (χ0v) is 21.6. The highest BCUT2D eigenvalue weighted by atomic mass is 35.5. The minimum Gasteiger partial charge on any atom is -0.260 e. The van der Waals surface area contributed by atoms with Crippen LogP contribution in [0.1, 0.15) is 18.9 Å². The second-order valence-electron chi connectivity index (χ2n) is 8.39. The summed E-state index contributed by atoms with van der Waals surface area (Å²) in [6, 6.07) is 8.75. The fourth-order valence-electron chi connectivity index (χ4n) is 4.31.